The second kappa shape index (κ2) is 13.0. The monoisotopic (exact) mass is 420 g/mol. The third-order valence-electron chi connectivity index (χ3n) is 2.56. The van der Waals surface area contributed by atoms with Crippen LogP contribution in [0, 0.1) is 12.8 Å². The Balaban J connectivity index is -0.000000417. The predicted octanol–water partition coefficient (Wildman–Crippen LogP) is -1.70. The van der Waals surface area contributed by atoms with Gasteiger partial charge in [0.25, 0.3) is 0 Å². The van der Waals surface area contributed by atoms with Crippen LogP contribution in [0.1, 0.15) is 25.0 Å². The summed E-state index contributed by atoms with van der Waals surface area (Å²) < 4.78 is 0. The smallest absolute Gasteiger partial charge is 1.00 e. The Morgan fingerprint density at radius 3 is 2.14 bits per heavy atom. The molecule has 0 aliphatic rings. The number of aryl methyl sites for hydroxylation is 1. The van der Waals surface area contributed by atoms with E-state index in [0.29, 0.717) is 0 Å². The second-order valence-electron chi connectivity index (χ2n) is 5.54. The molecule has 0 fully saturated rings. The van der Waals surface area contributed by atoms with Crippen molar-refractivity contribution in [1.29, 1.82) is 0 Å². The molecule has 2 aromatic rings. The average molecular weight is 423 g/mol. The Labute approximate surface area is 162 Å². The Morgan fingerprint density at radius 1 is 1.14 bits per heavy atom. The van der Waals surface area contributed by atoms with Gasteiger partial charge in [-0.05, 0) is 25.4 Å². The molecule has 21 heavy (non-hydrogen) atoms. The summed E-state index contributed by atoms with van der Waals surface area (Å²) in [5, 5.41) is 2.76. The van der Waals surface area contributed by atoms with Crippen molar-refractivity contribution >= 4 is 19.8 Å². The zero-order chi connectivity index (χ0) is 13.7. The summed E-state index contributed by atoms with van der Waals surface area (Å²) in [5.74, 6) is 0.739. The fourth-order valence-corrected chi connectivity index (χ4v) is 2.01. The van der Waals surface area contributed by atoms with Gasteiger partial charge >= 0.3 is 26.2 Å². The minimum atomic E-state index is -0.880. The van der Waals surface area contributed by atoms with E-state index in [1.807, 2.05) is 13.1 Å². The average Bonchev–Trinajstić information content (AvgIpc) is 2.55. The van der Waals surface area contributed by atoms with Gasteiger partial charge in [0.2, 0.25) is 0 Å². The van der Waals surface area contributed by atoms with Crippen LogP contribution < -0.4 is 24.8 Å². The third kappa shape index (κ3) is 10.8. The Bertz CT molecular complexity index is 495. The molecular formula is C16H24Cl2OSiZr. The first-order chi connectivity index (χ1) is 8.38. The Kier molecular flexibility index (Phi) is 16.3. The maximum absolute atomic E-state index is 8.16. The van der Waals surface area contributed by atoms with Crippen molar-refractivity contribution in [2.75, 3.05) is 0 Å². The van der Waals surface area contributed by atoms with Crippen LogP contribution in [-0.2, 0) is 32.6 Å². The van der Waals surface area contributed by atoms with Gasteiger partial charge in [-0.25, -0.2) is 0 Å². The summed E-state index contributed by atoms with van der Waals surface area (Å²) in [6.07, 6.45) is 1.18. The van der Waals surface area contributed by atoms with E-state index in [4.69, 9.17) is 4.80 Å². The van der Waals surface area contributed by atoms with Gasteiger partial charge in [0.1, 0.15) is 0 Å². The molecule has 0 saturated heterocycles. The number of fused-ring (bicyclic) bond motifs is 1. The van der Waals surface area contributed by atoms with Crippen LogP contribution in [0.5, 0.6) is 0 Å². The van der Waals surface area contributed by atoms with Crippen molar-refractivity contribution in [3.8, 4) is 0 Å². The van der Waals surface area contributed by atoms with Crippen LogP contribution in [0.2, 0.25) is 13.1 Å². The predicted molar refractivity (Wildman–Crippen MR) is 82.5 cm³/mol. The molecule has 0 unspecified atom stereocenters. The number of benzene rings is 1. The fourth-order valence-electron chi connectivity index (χ4n) is 2.01. The summed E-state index contributed by atoms with van der Waals surface area (Å²) >= 11 is 0. The molecule has 0 aromatic heterocycles. The van der Waals surface area contributed by atoms with E-state index in [1.165, 1.54) is 28.3 Å². The van der Waals surface area contributed by atoms with E-state index in [9.17, 15) is 0 Å². The minimum absolute atomic E-state index is 0. The van der Waals surface area contributed by atoms with E-state index in [0.717, 1.165) is 5.92 Å². The van der Waals surface area contributed by atoms with Crippen LogP contribution in [0.15, 0.2) is 30.3 Å². The molecule has 0 spiro atoms. The largest absolute Gasteiger partial charge is 3.00 e. The van der Waals surface area contributed by atoms with Gasteiger partial charge in [-0.15, -0.1) is 40.6 Å². The summed E-state index contributed by atoms with van der Waals surface area (Å²) in [4.78, 5) is 8.16. The summed E-state index contributed by atoms with van der Waals surface area (Å²) in [6.45, 7) is 10.3. The van der Waals surface area contributed by atoms with Gasteiger partial charge in [-0.1, -0.05) is 26.3 Å². The molecule has 0 saturated carbocycles. The zero-order valence-corrected chi connectivity index (χ0v) is 18.3. The van der Waals surface area contributed by atoms with Gasteiger partial charge < -0.3 is 29.6 Å². The van der Waals surface area contributed by atoms with Crippen LogP contribution in [-0.4, -0.2) is 13.8 Å². The third-order valence-corrected chi connectivity index (χ3v) is 2.56. The number of hydrogen-bond donors (Lipinski definition) is 1. The summed E-state index contributed by atoms with van der Waals surface area (Å²) in [5.41, 5.74) is 2.82. The quantitative estimate of drug-likeness (QED) is 0.452. The molecule has 0 amide bonds. The first kappa shape index (κ1) is 26.4. The maximum Gasteiger partial charge on any atom is 3.00 e. The molecular weight excluding hydrogens is 398 g/mol. The molecule has 0 aliphatic carbocycles. The van der Waals surface area contributed by atoms with Crippen molar-refractivity contribution < 1.29 is 55.8 Å². The first-order valence-corrected chi connectivity index (χ1v) is 8.98. The number of hydrogen-bond acceptors (Lipinski definition) is 1. The molecule has 5 heteroatoms. The van der Waals surface area contributed by atoms with Gasteiger partial charge in [0, 0.05) is 0 Å². The van der Waals surface area contributed by atoms with E-state index in [1.54, 1.807) is 0 Å². The van der Waals surface area contributed by atoms with Crippen LogP contribution in [0.3, 0.4) is 0 Å². The van der Waals surface area contributed by atoms with Crippen LogP contribution in [0.25, 0.3) is 10.8 Å². The van der Waals surface area contributed by atoms with Gasteiger partial charge in [0.15, 0.2) is 9.04 Å². The molecule has 2 radical (unpaired) electrons. The first-order valence-electron chi connectivity index (χ1n) is 6.53. The molecule has 0 aliphatic heterocycles. The molecule has 1 nitrogen and oxygen atoms in total. The van der Waals surface area contributed by atoms with Crippen LogP contribution >= 0.6 is 0 Å². The minimum Gasteiger partial charge on any atom is -1.00 e. The molecule has 2 aromatic carbocycles. The molecule has 0 atom stereocenters. The van der Waals surface area contributed by atoms with Crippen LogP contribution in [0.4, 0.5) is 0 Å². The molecule has 0 heterocycles. The SMILES string of the molecule is C[Si](C)O.Cc1cc2cc(CC(C)C)ccc2[cH-]1.[Cl-].[Cl-].[Zr+3]. The van der Waals surface area contributed by atoms with E-state index in [2.05, 4.69) is 51.1 Å². The molecule has 0 bridgehead atoms. The zero-order valence-electron chi connectivity index (χ0n) is 13.4. The molecule has 1 N–H and O–H groups in total. The Hall–Kier alpha value is 0.470. The van der Waals surface area contributed by atoms with Crippen molar-refractivity contribution in [2.45, 2.75) is 40.3 Å². The van der Waals surface area contributed by atoms with Gasteiger partial charge in [0.05, 0.1) is 0 Å². The summed E-state index contributed by atoms with van der Waals surface area (Å²) in [6, 6.07) is 11.3. The van der Waals surface area contributed by atoms with Crippen molar-refractivity contribution in [1.82, 2.24) is 0 Å². The number of rotatable bonds is 2. The number of halogens is 2. The van der Waals surface area contributed by atoms with Crippen molar-refractivity contribution in [3.05, 3.63) is 41.5 Å². The Morgan fingerprint density at radius 2 is 1.67 bits per heavy atom. The standard InChI is InChI=1S/C14H17.C2H7OSi.2ClH.Zr/c1-10(2)6-12-4-5-13-7-11(3)8-14(13)9-12;1-4(2)3;;;/h4-5,7-10H,6H2,1-3H3;3H,1-2H3;2*1H;/q-1;;;;+3/p-2. The van der Waals surface area contributed by atoms with Crippen molar-refractivity contribution in [3.63, 3.8) is 0 Å². The van der Waals surface area contributed by atoms with E-state index in [-0.39, 0.29) is 51.0 Å². The second-order valence-corrected chi connectivity index (χ2v) is 7.44. The van der Waals surface area contributed by atoms with E-state index >= 15 is 0 Å². The van der Waals surface area contributed by atoms with Gasteiger partial charge in [-0.3, -0.25) is 0 Å². The molecule has 116 valence electrons. The fraction of sp³-hybridized carbons (Fsp3) is 0.438. The summed E-state index contributed by atoms with van der Waals surface area (Å²) in [7, 11) is -0.880. The maximum atomic E-state index is 8.16. The van der Waals surface area contributed by atoms with Crippen molar-refractivity contribution in [2.24, 2.45) is 5.92 Å². The van der Waals surface area contributed by atoms with E-state index < -0.39 is 9.04 Å². The molecule has 2 rings (SSSR count). The topological polar surface area (TPSA) is 20.2 Å². The normalized spacial score (nSPS) is 9.33. The van der Waals surface area contributed by atoms with Gasteiger partial charge in [-0.2, -0.15) is 6.07 Å².